The minimum Gasteiger partial charge on any atom is -0.406 e. The van der Waals surface area contributed by atoms with Gasteiger partial charge in [-0.1, -0.05) is 0 Å². The first-order valence-corrected chi connectivity index (χ1v) is 4.47. The van der Waals surface area contributed by atoms with Crippen LogP contribution in [0, 0.1) is 0 Å². The fourth-order valence-electron chi connectivity index (χ4n) is 1.00. The van der Waals surface area contributed by atoms with Crippen LogP contribution in [0.15, 0.2) is 29.3 Å². The summed E-state index contributed by atoms with van der Waals surface area (Å²) in [7, 11) is 1.61. The lowest BCUT2D eigenvalue weighted by Gasteiger charge is -2.10. The Balaban J connectivity index is 2.68. The molecule has 16 heavy (non-hydrogen) atoms. The van der Waals surface area contributed by atoms with Crippen molar-refractivity contribution in [3.05, 3.63) is 24.3 Å². The Labute approximate surface area is 90.9 Å². The Morgan fingerprint density at radius 3 is 2.25 bits per heavy atom. The van der Waals surface area contributed by atoms with Gasteiger partial charge in [0.15, 0.2) is 0 Å². The van der Waals surface area contributed by atoms with Crippen LogP contribution in [0.3, 0.4) is 0 Å². The molecule has 0 saturated carbocycles. The summed E-state index contributed by atoms with van der Waals surface area (Å²) in [5.74, 6) is 0.425. The average Bonchev–Trinajstić information content (AvgIpc) is 2.18. The molecule has 1 aromatic carbocycles. The van der Waals surface area contributed by atoms with E-state index in [4.69, 9.17) is 0 Å². The molecule has 0 bridgehead atoms. The average molecular weight is 232 g/mol. The van der Waals surface area contributed by atoms with Crippen molar-refractivity contribution < 1.29 is 17.9 Å². The number of benzene rings is 1. The van der Waals surface area contributed by atoms with Crippen molar-refractivity contribution in [2.75, 3.05) is 12.4 Å². The minimum atomic E-state index is -4.66. The molecule has 0 atom stereocenters. The van der Waals surface area contributed by atoms with Crippen LogP contribution in [-0.2, 0) is 0 Å². The van der Waals surface area contributed by atoms with Gasteiger partial charge in [-0.05, 0) is 31.2 Å². The molecular weight excluding hydrogens is 221 g/mol. The van der Waals surface area contributed by atoms with Gasteiger partial charge in [0.05, 0.1) is 5.84 Å². The Morgan fingerprint density at radius 2 is 1.81 bits per heavy atom. The first-order valence-electron chi connectivity index (χ1n) is 4.47. The molecule has 0 amide bonds. The maximum absolute atomic E-state index is 11.8. The molecule has 1 N–H and O–H groups in total. The van der Waals surface area contributed by atoms with Gasteiger partial charge < -0.3 is 10.1 Å². The minimum absolute atomic E-state index is 0.246. The molecule has 0 aliphatic heterocycles. The van der Waals surface area contributed by atoms with Gasteiger partial charge in [-0.25, -0.2) is 0 Å². The van der Waals surface area contributed by atoms with E-state index in [1.807, 2.05) is 0 Å². The largest absolute Gasteiger partial charge is 0.573 e. The lowest BCUT2D eigenvalue weighted by molar-refractivity contribution is -0.274. The fourth-order valence-corrected chi connectivity index (χ4v) is 1.00. The van der Waals surface area contributed by atoms with Crippen LogP contribution in [-0.4, -0.2) is 19.2 Å². The molecule has 0 fully saturated rings. The van der Waals surface area contributed by atoms with Crippen LogP contribution in [0.4, 0.5) is 18.9 Å². The molecule has 0 heterocycles. The van der Waals surface area contributed by atoms with Gasteiger partial charge in [-0.3, -0.25) is 4.99 Å². The van der Waals surface area contributed by atoms with Crippen molar-refractivity contribution in [2.45, 2.75) is 13.3 Å². The van der Waals surface area contributed by atoms with E-state index >= 15 is 0 Å². The summed E-state index contributed by atoms with van der Waals surface area (Å²) in [6.45, 7) is 1.75. The summed E-state index contributed by atoms with van der Waals surface area (Å²) in [4.78, 5) is 3.86. The Morgan fingerprint density at radius 1 is 1.25 bits per heavy atom. The number of amidine groups is 1. The number of nitrogens with zero attached hydrogens (tertiary/aromatic N) is 1. The standard InChI is InChI=1S/C10H11F3N2O/c1-7(14-2)15-8-3-5-9(6-4-8)16-10(11,12)13/h3-6H,1-2H3,(H,14,15). The molecule has 6 heteroatoms. The number of aliphatic imine (C=N–C) groups is 1. The van der Waals surface area contributed by atoms with Gasteiger partial charge in [-0.15, -0.1) is 13.2 Å². The number of hydrogen-bond acceptors (Lipinski definition) is 2. The molecule has 0 aliphatic rings. The molecule has 1 aromatic rings. The molecule has 0 radical (unpaired) electrons. The molecule has 0 spiro atoms. The first kappa shape index (κ1) is 12.4. The van der Waals surface area contributed by atoms with E-state index in [1.165, 1.54) is 24.3 Å². The topological polar surface area (TPSA) is 33.6 Å². The van der Waals surface area contributed by atoms with Gasteiger partial charge in [-0.2, -0.15) is 0 Å². The second-order valence-corrected chi connectivity index (χ2v) is 3.01. The predicted molar refractivity (Wildman–Crippen MR) is 55.8 cm³/mol. The molecular formula is C10H11F3N2O. The zero-order chi connectivity index (χ0) is 12.2. The lowest BCUT2D eigenvalue weighted by atomic mass is 10.3. The molecule has 0 aromatic heterocycles. The van der Waals surface area contributed by atoms with Gasteiger partial charge in [0.25, 0.3) is 0 Å². The van der Waals surface area contributed by atoms with Crippen LogP contribution in [0.2, 0.25) is 0 Å². The van der Waals surface area contributed by atoms with E-state index < -0.39 is 6.36 Å². The summed E-state index contributed by atoms with van der Waals surface area (Å²) in [5.41, 5.74) is 0.651. The second-order valence-electron chi connectivity index (χ2n) is 3.01. The first-order chi connectivity index (χ1) is 7.40. The third kappa shape index (κ3) is 4.20. The highest BCUT2D eigenvalue weighted by atomic mass is 19.4. The maximum atomic E-state index is 11.8. The number of alkyl halides is 3. The van der Waals surface area contributed by atoms with Crippen molar-refractivity contribution in [1.82, 2.24) is 0 Å². The Bertz CT molecular complexity index is 371. The van der Waals surface area contributed by atoms with E-state index in [0.717, 1.165) is 0 Å². The summed E-state index contributed by atoms with van der Waals surface area (Å²) in [5, 5.41) is 2.89. The number of rotatable bonds is 2. The van der Waals surface area contributed by atoms with Gasteiger partial charge in [0.2, 0.25) is 0 Å². The third-order valence-corrected chi connectivity index (χ3v) is 1.75. The Kier molecular flexibility index (Phi) is 3.76. The van der Waals surface area contributed by atoms with Crippen LogP contribution in [0.5, 0.6) is 5.75 Å². The highest BCUT2D eigenvalue weighted by Crippen LogP contribution is 2.23. The normalized spacial score (nSPS) is 12.4. The van der Waals surface area contributed by atoms with Crippen molar-refractivity contribution in [2.24, 2.45) is 4.99 Å². The molecule has 3 nitrogen and oxygen atoms in total. The van der Waals surface area contributed by atoms with Crippen LogP contribution in [0.1, 0.15) is 6.92 Å². The van der Waals surface area contributed by atoms with E-state index in [1.54, 1.807) is 14.0 Å². The SMILES string of the molecule is CN=C(C)Nc1ccc(OC(F)(F)F)cc1. The van der Waals surface area contributed by atoms with Gasteiger partial charge in [0.1, 0.15) is 5.75 Å². The lowest BCUT2D eigenvalue weighted by Crippen LogP contribution is -2.17. The maximum Gasteiger partial charge on any atom is 0.573 e. The quantitative estimate of drug-likeness (QED) is 0.628. The molecule has 1 rings (SSSR count). The smallest absolute Gasteiger partial charge is 0.406 e. The highest BCUT2D eigenvalue weighted by molar-refractivity contribution is 5.93. The number of ether oxygens (including phenoxy) is 1. The summed E-state index contributed by atoms with van der Waals surface area (Å²) < 4.78 is 39.3. The van der Waals surface area contributed by atoms with Gasteiger partial charge >= 0.3 is 6.36 Å². The van der Waals surface area contributed by atoms with Crippen molar-refractivity contribution >= 4 is 11.5 Å². The number of hydrogen-bond donors (Lipinski definition) is 1. The zero-order valence-electron chi connectivity index (χ0n) is 8.80. The number of nitrogens with one attached hydrogen (secondary N) is 1. The summed E-state index contributed by atoms with van der Waals surface area (Å²) >= 11 is 0. The monoisotopic (exact) mass is 232 g/mol. The third-order valence-electron chi connectivity index (χ3n) is 1.75. The van der Waals surface area contributed by atoms with E-state index in [2.05, 4.69) is 15.0 Å². The zero-order valence-corrected chi connectivity index (χ0v) is 8.80. The fraction of sp³-hybridized carbons (Fsp3) is 0.300. The molecule has 0 aliphatic carbocycles. The van der Waals surface area contributed by atoms with Gasteiger partial charge in [0, 0.05) is 12.7 Å². The second kappa shape index (κ2) is 4.87. The summed E-state index contributed by atoms with van der Waals surface area (Å²) in [6.07, 6.45) is -4.66. The molecule has 88 valence electrons. The molecule has 0 saturated heterocycles. The van der Waals surface area contributed by atoms with Crippen molar-refractivity contribution in [3.8, 4) is 5.75 Å². The van der Waals surface area contributed by atoms with E-state index in [0.29, 0.717) is 11.5 Å². The number of halogens is 3. The van der Waals surface area contributed by atoms with Crippen LogP contribution < -0.4 is 10.1 Å². The van der Waals surface area contributed by atoms with Crippen molar-refractivity contribution in [1.29, 1.82) is 0 Å². The Hall–Kier alpha value is -1.72. The summed E-state index contributed by atoms with van der Waals surface area (Å²) in [6, 6.07) is 5.43. The van der Waals surface area contributed by atoms with Crippen LogP contribution >= 0.6 is 0 Å². The molecule has 0 unspecified atom stereocenters. The highest BCUT2D eigenvalue weighted by Gasteiger charge is 2.30. The van der Waals surface area contributed by atoms with E-state index in [-0.39, 0.29) is 5.75 Å². The van der Waals surface area contributed by atoms with E-state index in [9.17, 15) is 13.2 Å². The van der Waals surface area contributed by atoms with Crippen molar-refractivity contribution in [3.63, 3.8) is 0 Å². The van der Waals surface area contributed by atoms with Crippen LogP contribution in [0.25, 0.3) is 0 Å². The predicted octanol–water partition coefficient (Wildman–Crippen LogP) is 3.05. The number of anilines is 1.